The molecule has 1 aromatic carbocycles. The van der Waals surface area contributed by atoms with E-state index in [0.29, 0.717) is 25.9 Å². The number of nitrogens with zero attached hydrogens (tertiary/aromatic N) is 3. The van der Waals surface area contributed by atoms with Crippen LogP contribution in [0.4, 0.5) is 5.13 Å². The monoisotopic (exact) mass is 497 g/mol. The Hall–Kier alpha value is -1.51. The Bertz CT molecular complexity index is 1130. The summed E-state index contributed by atoms with van der Waals surface area (Å²) < 4.78 is 2.78. The standard InChI is InChI=1S/C18H10BrCl2N3OS2/c19-11-3-4-13-14(6-11)26-18(23-13)24(9-10-2-1-5-22-8-10)17(25)12-7-15(20)27-16(12)21/h1-8H,9H2. The second-order valence-corrected chi connectivity index (χ2v) is 9.81. The molecule has 0 unspecified atom stereocenters. The van der Waals surface area contributed by atoms with Gasteiger partial charge in [-0.05, 0) is 35.9 Å². The SMILES string of the molecule is O=C(c1cc(Cl)sc1Cl)N(Cc1cccnc1)c1nc2ccc(Br)cc2s1. The number of carbonyl (C=O) groups excluding carboxylic acids is 1. The zero-order valence-electron chi connectivity index (χ0n) is 13.5. The van der Waals surface area contributed by atoms with Gasteiger partial charge in [-0.1, -0.05) is 56.5 Å². The number of pyridine rings is 1. The molecule has 0 aliphatic rings. The van der Waals surface area contributed by atoms with Gasteiger partial charge in [-0.3, -0.25) is 14.7 Å². The molecule has 9 heteroatoms. The molecule has 0 aliphatic carbocycles. The van der Waals surface area contributed by atoms with E-state index in [1.165, 1.54) is 22.7 Å². The minimum atomic E-state index is -0.245. The maximum Gasteiger partial charge on any atom is 0.262 e. The fourth-order valence-electron chi connectivity index (χ4n) is 2.53. The van der Waals surface area contributed by atoms with Crippen molar-refractivity contribution in [1.82, 2.24) is 9.97 Å². The molecule has 0 saturated heterocycles. The quantitative estimate of drug-likeness (QED) is 0.315. The van der Waals surface area contributed by atoms with Crippen LogP contribution in [-0.2, 0) is 6.54 Å². The third-order valence-corrected chi connectivity index (χ3v) is 6.79. The molecule has 4 rings (SSSR count). The molecule has 0 fully saturated rings. The molecular weight excluding hydrogens is 489 g/mol. The van der Waals surface area contributed by atoms with Gasteiger partial charge in [0.05, 0.1) is 26.7 Å². The van der Waals surface area contributed by atoms with Crippen LogP contribution >= 0.6 is 61.8 Å². The lowest BCUT2D eigenvalue weighted by Crippen LogP contribution is -2.30. The number of hydrogen-bond acceptors (Lipinski definition) is 5. The van der Waals surface area contributed by atoms with E-state index in [-0.39, 0.29) is 5.91 Å². The number of anilines is 1. The van der Waals surface area contributed by atoms with Gasteiger partial charge in [-0.15, -0.1) is 11.3 Å². The first-order valence-electron chi connectivity index (χ1n) is 7.73. The summed E-state index contributed by atoms with van der Waals surface area (Å²) in [6, 6.07) is 11.2. The minimum absolute atomic E-state index is 0.245. The molecule has 0 saturated carbocycles. The Morgan fingerprint density at radius 3 is 2.74 bits per heavy atom. The summed E-state index contributed by atoms with van der Waals surface area (Å²) in [6.07, 6.45) is 3.42. The highest BCUT2D eigenvalue weighted by Crippen LogP contribution is 2.36. The molecule has 3 aromatic heterocycles. The molecule has 3 heterocycles. The van der Waals surface area contributed by atoms with Crippen LogP contribution in [0.15, 0.2) is 53.3 Å². The number of benzene rings is 1. The smallest absolute Gasteiger partial charge is 0.262 e. The van der Waals surface area contributed by atoms with Crippen molar-refractivity contribution in [3.05, 3.63) is 73.1 Å². The highest BCUT2D eigenvalue weighted by atomic mass is 79.9. The number of thiazole rings is 1. The van der Waals surface area contributed by atoms with E-state index in [9.17, 15) is 4.79 Å². The molecule has 27 heavy (non-hydrogen) atoms. The van der Waals surface area contributed by atoms with Crippen molar-refractivity contribution in [1.29, 1.82) is 0 Å². The fourth-order valence-corrected chi connectivity index (χ4v) is 5.50. The lowest BCUT2D eigenvalue weighted by Gasteiger charge is -2.19. The van der Waals surface area contributed by atoms with E-state index in [4.69, 9.17) is 23.2 Å². The van der Waals surface area contributed by atoms with Gasteiger partial charge in [-0.2, -0.15) is 0 Å². The number of fused-ring (bicyclic) bond motifs is 1. The molecule has 0 aliphatic heterocycles. The third-order valence-electron chi connectivity index (χ3n) is 3.77. The van der Waals surface area contributed by atoms with E-state index in [1.807, 2.05) is 30.3 Å². The average molecular weight is 499 g/mol. The van der Waals surface area contributed by atoms with E-state index < -0.39 is 0 Å². The Morgan fingerprint density at radius 2 is 2.04 bits per heavy atom. The van der Waals surface area contributed by atoms with Crippen LogP contribution in [0.3, 0.4) is 0 Å². The first-order valence-corrected chi connectivity index (χ1v) is 10.9. The summed E-state index contributed by atoms with van der Waals surface area (Å²) in [5, 5.41) is 0.593. The Kier molecular flexibility index (Phi) is 5.48. The van der Waals surface area contributed by atoms with Crippen LogP contribution in [0.2, 0.25) is 8.67 Å². The number of halogens is 3. The van der Waals surface area contributed by atoms with Crippen molar-refractivity contribution in [3.8, 4) is 0 Å². The molecule has 4 aromatic rings. The number of thiophene rings is 1. The predicted molar refractivity (Wildman–Crippen MR) is 116 cm³/mol. The first kappa shape index (κ1) is 18.8. The number of amides is 1. The number of aromatic nitrogens is 2. The van der Waals surface area contributed by atoms with Crippen LogP contribution in [0.1, 0.15) is 15.9 Å². The van der Waals surface area contributed by atoms with E-state index in [2.05, 4.69) is 25.9 Å². The third kappa shape index (κ3) is 4.02. The summed E-state index contributed by atoms with van der Waals surface area (Å²) in [4.78, 5) is 23.6. The summed E-state index contributed by atoms with van der Waals surface area (Å²) in [5.74, 6) is -0.245. The van der Waals surface area contributed by atoms with E-state index >= 15 is 0 Å². The normalized spacial score (nSPS) is 11.1. The fraction of sp³-hybridized carbons (Fsp3) is 0.0556. The number of hydrogen-bond donors (Lipinski definition) is 0. The van der Waals surface area contributed by atoms with Crippen LogP contribution in [-0.4, -0.2) is 15.9 Å². The van der Waals surface area contributed by atoms with Crippen molar-refractivity contribution in [2.75, 3.05) is 4.90 Å². The predicted octanol–water partition coefficient (Wildman–Crippen LogP) is 6.67. The Labute approximate surface area is 181 Å². The second kappa shape index (κ2) is 7.85. The van der Waals surface area contributed by atoms with Crippen LogP contribution in [0, 0.1) is 0 Å². The molecule has 1 amide bonds. The molecule has 0 atom stereocenters. The molecule has 4 nitrogen and oxygen atoms in total. The van der Waals surface area contributed by atoms with Crippen molar-refractivity contribution in [2.24, 2.45) is 0 Å². The van der Waals surface area contributed by atoms with E-state index in [0.717, 1.165) is 20.3 Å². The van der Waals surface area contributed by atoms with Gasteiger partial charge in [0.25, 0.3) is 5.91 Å². The molecule has 136 valence electrons. The van der Waals surface area contributed by atoms with Crippen molar-refractivity contribution >= 4 is 83.1 Å². The second-order valence-electron chi connectivity index (χ2n) is 5.60. The van der Waals surface area contributed by atoms with Crippen LogP contribution < -0.4 is 4.90 Å². The molecular formula is C18H10BrCl2N3OS2. The zero-order valence-corrected chi connectivity index (χ0v) is 18.3. The average Bonchev–Trinajstić information content (AvgIpc) is 3.22. The zero-order chi connectivity index (χ0) is 19.0. The summed E-state index contributed by atoms with van der Waals surface area (Å²) in [7, 11) is 0. The molecule has 0 bridgehead atoms. The van der Waals surface area contributed by atoms with Gasteiger partial charge in [0.15, 0.2) is 5.13 Å². The van der Waals surface area contributed by atoms with Gasteiger partial charge in [0.2, 0.25) is 0 Å². The van der Waals surface area contributed by atoms with Gasteiger partial charge in [0, 0.05) is 16.9 Å². The molecule has 0 N–H and O–H groups in total. The number of carbonyl (C=O) groups is 1. The topological polar surface area (TPSA) is 46.1 Å². The van der Waals surface area contributed by atoms with Crippen LogP contribution in [0.25, 0.3) is 10.2 Å². The van der Waals surface area contributed by atoms with Gasteiger partial charge in [-0.25, -0.2) is 4.98 Å². The summed E-state index contributed by atoms with van der Waals surface area (Å²) in [6.45, 7) is 0.331. The van der Waals surface area contributed by atoms with Crippen molar-refractivity contribution < 1.29 is 4.79 Å². The van der Waals surface area contributed by atoms with Gasteiger partial charge < -0.3 is 0 Å². The molecule has 0 radical (unpaired) electrons. The Balaban J connectivity index is 1.79. The summed E-state index contributed by atoms with van der Waals surface area (Å²) >= 11 is 18.3. The van der Waals surface area contributed by atoms with Crippen molar-refractivity contribution in [2.45, 2.75) is 6.54 Å². The molecule has 0 spiro atoms. The van der Waals surface area contributed by atoms with Gasteiger partial charge >= 0.3 is 0 Å². The summed E-state index contributed by atoms with van der Waals surface area (Å²) in [5.41, 5.74) is 2.09. The lowest BCUT2D eigenvalue weighted by molar-refractivity contribution is 0.0985. The number of rotatable bonds is 4. The maximum absolute atomic E-state index is 13.3. The Morgan fingerprint density at radius 1 is 1.19 bits per heavy atom. The maximum atomic E-state index is 13.3. The van der Waals surface area contributed by atoms with Gasteiger partial charge in [0.1, 0.15) is 4.34 Å². The van der Waals surface area contributed by atoms with Crippen molar-refractivity contribution in [3.63, 3.8) is 0 Å². The highest BCUT2D eigenvalue weighted by molar-refractivity contribution is 9.10. The minimum Gasteiger partial charge on any atom is -0.279 e. The highest BCUT2D eigenvalue weighted by Gasteiger charge is 2.25. The largest absolute Gasteiger partial charge is 0.279 e. The van der Waals surface area contributed by atoms with E-state index in [1.54, 1.807) is 23.4 Å². The van der Waals surface area contributed by atoms with Crippen LogP contribution in [0.5, 0.6) is 0 Å². The lowest BCUT2D eigenvalue weighted by atomic mass is 10.2. The first-order chi connectivity index (χ1) is 13.0.